The Labute approximate surface area is 119 Å². The molecule has 0 aliphatic carbocycles. The maximum absolute atomic E-state index is 5.66. The van der Waals surface area contributed by atoms with Crippen molar-refractivity contribution in [2.75, 3.05) is 6.54 Å². The summed E-state index contributed by atoms with van der Waals surface area (Å²) in [5.74, 6) is 0.941. The second kappa shape index (κ2) is 5.50. The lowest BCUT2D eigenvalue weighted by Crippen LogP contribution is -2.36. The number of nitrogens with zero attached hydrogens (tertiary/aromatic N) is 4. The zero-order valence-electron chi connectivity index (χ0n) is 12.3. The van der Waals surface area contributed by atoms with E-state index in [1.54, 1.807) is 0 Å². The van der Waals surface area contributed by atoms with Gasteiger partial charge in [-0.05, 0) is 44.9 Å². The zero-order valence-corrected chi connectivity index (χ0v) is 12.3. The van der Waals surface area contributed by atoms with Crippen LogP contribution in [0.25, 0.3) is 5.65 Å². The number of pyridine rings is 1. The van der Waals surface area contributed by atoms with Crippen LogP contribution in [-0.2, 0) is 13.0 Å². The van der Waals surface area contributed by atoms with Gasteiger partial charge in [-0.25, -0.2) is 9.50 Å². The van der Waals surface area contributed by atoms with E-state index in [1.165, 1.54) is 19.4 Å². The SMILES string of the molecule is CC(C)N1CCCC1Cc1nc2ccc(CN)cn2n1. The molecule has 0 amide bonds. The van der Waals surface area contributed by atoms with Crippen molar-refractivity contribution in [3.63, 3.8) is 0 Å². The molecule has 5 nitrogen and oxygen atoms in total. The average molecular weight is 273 g/mol. The average Bonchev–Trinajstić information content (AvgIpc) is 3.03. The van der Waals surface area contributed by atoms with Gasteiger partial charge in [-0.3, -0.25) is 4.90 Å². The zero-order chi connectivity index (χ0) is 14.1. The molecule has 2 N–H and O–H groups in total. The third-order valence-electron chi connectivity index (χ3n) is 4.18. The Morgan fingerprint density at radius 3 is 3.00 bits per heavy atom. The molecule has 3 heterocycles. The van der Waals surface area contributed by atoms with Gasteiger partial charge in [0.15, 0.2) is 11.5 Å². The molecule has 5 heteroatoms. The fourth-order valence-electron chi connectivity index (χ4n) is 3.15. The Morgan fingerprint density at radius 1 is 1.40 bits per heavy atom. The number of fused-ring (bicyclic) bond motifs is 1. The van der Waals surface area contributed by atoms with E-state index in [0.717, 1.165) is 23.5 Å². The second-order valence-corrected chi connectivity index (χ2v) is 5.90. The Balaban J connectivity index is 1.80. The van der Waals surface area contributed by atoms with Gasteiger partial charge >= 0.3 is 0 Å². The molecule has 1 fully saturated rings. The fraction of sp³-hybridized carbons (Fsp3) is 0.600. The predicted octanol–water partition coefficient (Wildman–Crippen LogP) is 1.60. The van der Waals surface area contributed by atoms with Crippen molar-refractivity contribution < 1.29 is 0 Å². The summed E-state index contributed by atoms with van der Waals surface area (Å²) < 4.78 is 1.85. The van der Waals surface area contributed by atoms with Gasteiger partial charge in [0.2, 0.25) is 0 Å². The maximum atomic E-state index is 5.66. The van der Waals surface area contributed by atoms with E-state index in [9.17, 15) is 0 Å². The monoisotopic (exact) mass is 273 g/mol. The van der Waals surface area contributed by atoms with E-state index >= 15 is 0 Å². The normalized spacial score (nSPS) is 20.3. The second-order valence-electron chi connectivity index (χ2n) is 5.90. The number of rotatable bonds is 4. The fourth-order valence-corrected chi connectivity index (χ4v) is 3.15. The highest BCUT2D eigenvalue weighted by molar-refractivity contribution is 5.38. The number of hydrogen-bond donors (Lipinski definition) is 1. The minimum Gasteiger partial charge on any atom is -0.326 e. The Morgan fingerprint density at radius 2 is 2.25 bits per heavy atom. The van der Waals surface area contributed by atoms with Crippen LogP contribution in [0.15, 0.2) is 18.3 Å². The molecule has 1 aliphatic rings. The molecule has 108 valence electrons. The highest BCUT2D eigenvalue weighted by Gasteiger charge is 2.27. The number of nitrogens with two attached hydrogens (primary N) is 1. The highest BCUT2D eigenvalue weighted by atomic mass is 15.3. The first-order valence-corrected chi connectivity index (χ1v) is 7.47. The molecular weight excluding hydrogens is 250 g/mol. The van der Waals surface area contributed by atoms with Crippen LogP contribution < -0.4 is 5.73 Å². The third kappa shape index (κ3) is 2.55. The van der Waals surface area contributed by atoms with E-state index in [2.05, 4.69) is 28.8 Å². The van der Waals surface area contributed by atoms with Crippen LogP contribution in [0.2, 0.25) is 0 Å². The largest absolute Gasteiger partial charge is 0.326 e. The molecule has 20 heavy (non-hydrogen) atoms. The molecule has 2 aromatic rings. The molecule has 1 aliphatic heterocycles. The summed E-state index contributed by atoms with van der Waals surface area (Å²) in [7, 11) is 0. The van der Waals surface area contributed by atoms with E-state index in [1.807, 2.05) is 22.8 Å². The van der Waals surface area contributed by atoms with Gasteiger partial charge in [-0.1, -0.05) is 6.07 Å². The van der Waals surface area contributed by atoms with Gasteiger partial charge in [-0.2, -0.15) is 5.10 Å². The van der Waals surface area contributed by atoms with Crippen molar-refractivity contribution in [1.82, 2.24) is 19.5 Å². The summed E-state index contributed by atoms with van der Waals surface area (Å²) in [5, 5.41) is 4.60. The topological polar surface area (TPSA) is 59.5 Å². The first-order valence-electron chi connectivity index (χ1n) is 7.47. The first-order chi connectivity index (χ1) is 9.67. The van der Waals surface area contributed by atoms with Gasteiger partial charge in [0, 0.05) is 31.2 Å². The molecule has 0 spiro atoms. The number of likely N-dealkylation sites (tertiary alicyclic amines) is 1. The smallest absolute Gasteiger partial charge is 0.155 e. The highest BCUT2D eigenvalue weighted by Crippen LogP contribution is 2.22. The van der Waals surface area contributed by atoms with Crippen LogP contribution >= 0.6 is 0 Å². The van der Waals surface area contributed by atoms with Crippen molar-refractivity contribution in [3.8, 4) is 0 Å². The summed E-state index contributed by atoms with van der Waals surface area (Å²) in [4.78, 5) is 7.20. The summed E-state index contributed by atoms with van der Waals surface area (Å²) >= 11 is 0. The van der Waals surface area contributed by atoms with Crippen LogP contribution in [0, 0.1) is 0 Å². The van der Waals surface area contributed by atoms with E-state index in [4.69, 9.17) is 5.73 Å². The van der Waals surface area contributed by atoms with Gasteiger partial charge in [-0.15, -0.1) is 0 Å². The molecule has 0 aromatic carbocycles. The summed E-state index contributed by atoms with van der Waals surface area (Å²) in [6, 6.07) is 5.20. The van der Waals surface area contributed by atoms with Gasteiger partial charge < -0.3 is 5.73 Å². The molecule has 1 atom stereocenters. The van der Waals surface area contributed by atoms with Crippen molar-refractivity contribution in [2.24, 2.45) is 5.73 Å². The van der Waals surface area contributed by atoms with Gasteiger partial charge in [0.25, 0.3) is 0 Å². The van der Waals surface area contributed by atoms with Gasteiger partial charge in [0.05, 0.1) is 0 Å². The first kappa shape index (κ1) is 13.5. The molecule has 0 radical (unpaired) electrons. The number of aromatic nitrogens is 3. The van der Waals surface area contributed by atoms with Crippen LogP contribution in [0.4, 0.5) is 0 Å². The lowest BCUT2D eigenvalue weighted by Gasteiger charge is -2.27. The van der Waals surface area contributed by atoms with E-state index < -0.39 is 0 Å². The lowest BCUT2D eigenvalue weighted by atomic mass is 10.1. The number of hydrogen-bond acceptors (Lipinski definition) is 4. The summed E-state index contributed by atoms with van der Waals surface area (Å²) in [5.41, 5.74) is 7.65. The predicted molar refractivity (Wildman–Crippen MR) is 79.4 cm³/mol. The quantitative estimate of drug-likeness (QED) is 0.919. The molecule has 1 saturated heterocycles. The molecule has 1 unspecified atom stereocenters. The lowest BCUT2D eigenvalue weighted by molar-refractivity contribution is 0.201. The molecule has 0 saturated carbocycles. The molecule has 3 rings (SSSR count). The van der Waals surface area contributed by atoms with Crippen LogP contribution in [0.5, 0.6) is 0 Å². The van der Waals surface area contributed by atoms with E-state index in [-0.39, 0.29) is 0 Å². The van der Waals surface area contributed by atoms with Gasteiger partial charge in [0.1, 0.15) is 0 Å². The minimum absolute atomic E-state index is 0.537. The van der Waals surface area contributed by atoms with E-state index in [0.29, 0.717) is 18.6 Å². The Bertz CT molecular complexity index is 589. The Hall–Kier alpha value is -1.46. The van der Waals surface area contributed by atoms with Crippen molar-refractivity contribution >= 4 is 5.65 Å². The van der Waals surface area contributed by atoms with Crippen LogP contribution in [0.3, 0.4) is 0 Å². The molecule has 0 bridgehead atoms. The van der Waals surface area contributed by atoms with Crippen LogP contribution in [0.1, 0.15) is 38.1 Å². The molecular formula is C15H23N5. The van der Waals surface area contributed by atoms with Crippen molar-refractivity contribution in [3.05, 3.63) is 29.7 Å². The van der Waals surface area contributed by atoms with Crippen LogP contribution in [-0.4, -0.2) is 38.1 Å². The molecule has 2 aromatic heterocycles. The summed E-state index contributed by atoms with van der Waals surface area (Å²) in [6.45, 7) is 6.27. The van der Waals surface area contributed by atoms with Crippen molar-refractivity contribution in [2.45, 2.75) is 51.7 Å². The summed E-state index contributed by atoms with van der Waals surface area (Å²) in [6.07, 6.45) is 5.45. The Kier molecular flexibility index (Phi) is 3.72. The third-order valence-corrected chi connectivity index (χ3v) is 4.18. The standard InChI is InChI=1S/C15H23N5/c1-11(2)19-7-3-4-13(19)8-14-17-15-6-5-12(9-16)10-20(15)18-14/h5-6,10-11,13H,3-4,7-9,16H2,1-2H3. The minimum atomic E-state index is 0.537. The van der Waals surface area contributed by atoms with Crippen molar-refractivity contribution in [1.29, 1.82) is 0 Å². The maximum Gasteiger partial charge on any atom is 0.155 e.